The van der Waals surface area contributed by atoms with E-state index < -0.39 is 0 Å². The zero-order chi connectivity index (χ0) is 13.7. The van der Waals surface area contributed by atoms with Crippen molar-refractivity contribution in [2.75, 3.05) is 13.1 Å². The molecule has 2 aliphatic rings. The molecule has 0 aromatic rings. The molecule has 0 radical (unpaired) electrons. The first-order chi connectivity index (χ1) is 9.16. The molecule has 0 heterocycles. The van der Waals surface area contributed by atoms with Gasteiger partial charge < -0.3 is 16.4 Å². The lowest BCUT2D eigenvalue weighted by molar-refractivity contribution is -0.130. The van der Waals surface area contributed by atoms with Gasteiger partial charge in [0.25, 0.3) is 0 Å². The van der Waals surface area contributed by atoms with Crippen LogP contribution in [0.4, 0.5) is 0 Å². The zero-order valence-electron chi connectivity index (χ0n) is 11.5. The van der Waals surface area contributed by atoms with Gasteiger partial charge in [0, 0.05) is 25.6 Å². The minimum atomic E-state index is -0.337. The van der Waals surface area contributed by atoms with Gasteiger partial charge in [0.2, 0.25) is 11.8 Å². The average molecular weight is 267 g/mol. The topological polar surface area (TPSA) is 84.2 Å². The highest BCUT2D eigenvalue weighted by molar-refractivity contribution is 5.83. The second-order valence-corrected chi connectivity index (χ2v) is 5.89. The summed E-state index contributed by atoms with van der Waals surface area (Å²) in [6.07, 6.45) is 7.40. The second kappa shape index (κ2) is 6.37. The number of nitrogens with two attached hydrogens (primary N) is 1. The fourth-order valence-electron chi connectivity index (χ4n) is 2.74. The summed E-state index contributed by atoms with van der Waals surface area (Å²) in [4.78, 5) is 23.6. The molecular weight excluding hydrogens is 242 g/mol. The van der Waals surface area contributed by atoms with Gasteiger partial charge in [0.1, 0.15) is 0 Å². The van der Waals surface area contributed by atoms with Gasteiger partial charge in [-0.2, -0.15) is 0 Å². The second-order valence-electron chi connectivity index (χ2n) is 5.89. The van der Waals surface area contributed by atoms with E-state index in [4.69, 9.17) is 5.73 Å². The van der Waals surface area contributed by atoms with Crippen molar-refractivity contribution in [2.45, 2.75) is 57.4 Å². The molecule has 4 N–H and O–H groups in total. The third kappa shape index (κ3) is 3.93. The number of hydrogen-bond acceptors (Lipinski definition) is 3. The van der Waals surface area contributed by atoms with E-state index in [0.717, 1.165) is 38.5 Å². The summed E-state index contributed by atoms with van der Waals surface area (Å²) in [6, 6.07) is 0.418. The lowest BCUT2D eigenvalue weighted by atomic mass is 9.85. The Morgan fingerprint density at radius 1 is 1.21 bits per heavy atom. The molecule has 0 spiro atoms. The number of rotatable bonds is 7. The highest BCUT2D eigenvalue weighted by Gasteiger charge is 2.39. The monoisotopic (exact) mass is 267 g/mol. The molecule has 0 aromatic carbocycles. The van der Waals surface area contributed by atoms with Crippen molar-refractivity contribution < 1.29 is 9.59 Å². The summed E-state index contributed by atoms with van der Waals surface area (Å²) in [5, 5.41) is 5.89. The van der Waals surface area contributed by atoms with Gasteiger partial charge >= 0.3 is 0 Å². The molecule has 2 aliphatic carbocycles. The Morgan fingerprint density at radius 3 is 2.47 bits per heavy atom. The summed E-state index contributed by atoms with van der Waals surface area (Å²) >= 11 is 0. The fraction of sp³-hybridized carbons (Fsp3) is 0.857. The summed E-state index contributed by atoms with van der Waals surface area (Å²) in [7, 11) is 0. The largest absolute Gasteiger partial charge is 0.356 e. The van der Waals surface area contributed by atoms with Crippen LogP contribution in [-0.2, 0) is 9.59 Å². The maximum absolute atomic E-state index is 12.1. The Labute approximate surface area is 114 Å². The van der Waals surface area contributed by atoms with Crippen LogP contribution >= 0.6 is 0 Å². The number of nitrogens with one attached hydrogen (secondary N) is 2. The van der Waals surface area contributed by atoms with E-state index in [9.17, 15) is 9.59 Å². The first-order valence-corrected chi connectivity index (χ1v) is 7.44. The van der Waals surface area contributed by atoms with Crippen LogP contribution in [0.25, 0.3) is 0 Å². The smallest absolute Gasteiger partial charge is 0.227 e. The third-order valence-corrected chi connectivity index (χ3v) is 4.24. The van der Waals surface area contributed by atoms with Gasteiger partial charge in [0.15, 0.2) is 0 Å². The van der Waals surface area contributed by atoms with Crippen LogP contribution in [-0.4, -0.2) is 30.9 Å². The van der Waals surface area contributed by atoms with Crippen molar-refractivity contribution in [3.63, 3.8) is 0 Å². The van der Waals surface area contributed by atoms with Gasteiger partial charge in [-0.3, -0.25) is 9.59 Å². The molecule has 2 saturated carbocycles. The van der Waals surface area contributed by atoms with Crippen LogP contribution in [0.15, 0.2) is 0 Å². The van der Waals surface area contributed by atoms with E-state index >= 15 is 0 Å². The van der Waals surface area contributed by atoms with E-state index in [1.165, 1.54) is 0 Å². The van der Waals surface area contributed by atoms with Crippen molar-refractivity contribution in [2.24, 2.45) is 11.1 Å². The van der Waals surface area contributed by atoms with Gasteiger partial charge in [-0.15, -0.1) is 0 Å². The van der Waals surface area contributed by atoms with Crippen LogP contribution in [0.2, 0.25) is 0 Å². The molecule has 0 saturated heterocycles. The number of carbonyl (C=O) groups excluding carboxylic acids is 2. The predicted molar refractivity (Wildman–Crippen MR) is 73.4 cm³/mol. The SMILES string of the molecule is NCC1(C(=O)NCCCC(=O)NC2CC2)CCCC1. The van der Waals surface area contributed by atoms with E-state index in [-0.39, 0.29) is 17.2 Å². The van der Waals surface area contributed by atoms with E-state index in [0.29, 0.717) is 32.0 Å². The molecule has 2 fully saturated rings. The average Bonchev–Trinajstić information content (AvgIpc) is 3.08. The normalized spacial score (nSPS) is 21.1. The highest BCUT2D eigenvalue weighted by atomic mass is 16.2. The lowest BCUT2D eigenvalue weighted by Crippen LogP contribution is -2.44. The fourth-order valence-corrected chi connectivity index (χ4v) is 2.74. The number of hydrogen-bond donors (Lipinski definition) is 3. The maximum Gasteiger partial charge on any atom is 0.227 e. The van der Waals surface area contributed by atoms with Crippen LogP contribution in [0.5, 0.6) is 0 Å². The Balaban J connectivity index is 1.61. The maximum atomic E-state index is 12.1. The summed E-state index contributed by atoms with van der Waals surface area (Å²) in [6.45, 7) is 1.000. The van der Waals surface area contributed by atoms with Crippen molar-refractivity contribution in [1.82, 2.24) is 10.6 Å². The van der Waals surface area contributed by atoms with Crippen LogP contribution < -0.4 is 16.4 Å². The molecular formula is C14H25N3O2. The summed E-state index contributed by atoms with van der Waals surface area (Å²) in [5.74, 6) is 0.182. The molecule has 0 aliphatic heterocycles. The molecule has 2 rings (SSSR count). The van der Waals surface area contributed by atoms with E-state index in [1.807, 2.05) is 0 Å². The first kappa shape index (κ1) is 14.3. The van der Waals surface area contributed by atoms with Gasteiger partial charge in [-0.25, -0.2) is 0 Å². The van der Waals surface area contributed by atoms with Crippen molar-refractivity contribution in [3.05, 3.63) is 0 Å². The Kier molecular flexibility index (Phi) is 4.80. The minimum Gasteiger partial charge on any atom is -0.356 e. The van der Waals surface area contributed by atoms with Crippen molar-refractivity contribution >= 4 is 11.8 Å². The quantitative estimate of drug-likeness (QED) is 0.593. The predicted octanol–water partition coefficient (Wildman–Crippen LogP) is 0.680. The highest BCUT2D eigenvalue weighted by Crippen LogP contribution is 2.37. The molecule has 0 atom stereocenters. The molecule has 2 amide bonds. The Hall–Kier alpha value is -1.10. The number of carbonyl (C=O) groups is 2. The molecule has 19 heavy (non-hydrogen) atoms. The molecule has 0 bridgehead atoms. The van der Waals surface area contributed by atoms with E-state index in [2.05, 4.69) is 10.6 Å². The van der Waals surface area contributed by atoms with Crippen molar-refractivity contribution in [3.8, 4) is 0 Å². The zero-order valence-corrected chi connectivity index (χ0v) is 11.5. The number of amides is 2. The molecule has 0 aromatic heterocycles. The molecule has 5 heteroatoms. The molecule has 0 unspecified atom stereocenters. The Bertz CT molecular complexity index is 334. The standard InChI is InChI=1S/C14H25N3O2/c15-10-14(7-1-2-8-14)13(19)16-9-3-4-12(18)17-11-5-6-11/h11H,1-10,15H2,(H,16,19)(H,17,18). The molecule has 108 valence electrons. The van der Waals surface area contributed by atoms with Gasteiger partial charge in [0.05, 0.1) is 5.41 Å². The van der Waals surface area contributed by atoms with E-state index in [1.54, 1.807) is 0 Å². The molecule has 5 nitrogen and oxygen atoms in total. The van der Waals surface area contributed by atoms with Crippen molar-refractivity contribution in [1.29, 1.82) is 0 Å². The summed E-state index contributed by atoms with van der Waals surface area (Å²) < 4.78 is 0. The van der Waals surface area contributed by atoms with Crippen LogP contribution in [0, 0.1) is 5.41 Å². The van der Waals surface area contributed by atoms with Gasteiger partial charge in [-0.05, 0) is 32.1 Å². The third-order valence-electron chi connectivity index (χ3n) is 4.24. The lowest BCUT2D eigenvalue weighted by Gasteiger charge is -2.25. The summed E-state index contributed by atoms with van der Waals surface area (Å²) in [5.41, 5.74) is 5.42. The van der Waals surface area contributed by atoms with Gasteiger partial charge in [-0.1, -0.05) is 12.8 Å². The first-order valence-electron chi connectivity index (χ1n) is 7.44. The van der Waals surface area contributed by atoms with Crippen LogP contribution in [0.1, 0.15) is 51.4 Å². The Morgan fingerprint density at radius 2 is 1.89 bits per heavy atom. The minimum absolute atomic E-state index is 0.0788. The van der Waals surface area contributed by atoms with Crippen LogP contribution in [0.3, 0.4) is 0 Å².